The number of hydrogen-bond donors (Lipinski definition) is 1. The van der Waals surface area contributed by atoms with Gasteiger partial charge in [0.2, 0.25) is 10.0 Å². The molecule has 2 aliphatic rings. The summed E-state index contributed by atoms with van der Waals surface area (Å²) in [4.78, 5) is 10.7. The first-order chi connectivity index (χ1) is 8.96. The van der Waals surface area contributed by atoms with E-state index < -0.39 is 16.0 Å². The molecule has 7 nitrogen and oxygen atoms in total. The highest BCUT2D eigenvalue weighted by Gasteiger charge is 2.44. The lowest BCUT2D eigenvalue weighted by molar-refractivity contribution is -0.137. The molecule has 3 rings (SSSR count). The number of aromatic nitrogens is 2. The summed E-state index contributed by atoms with van der Waals surface area (Å²) in [7, 11) is -3.53. The second-order valence-electron chi connectivity index (χ2n) is 5.17. The monoisotopic (exact) mass is 285 g/mol. The summed E-state index contributed by atoms with van der Waals surface area (Å²) in [5.74, 6) is -0.568. The predicted molar refractivity (Wildman–Crippen MR) is 64.9 cm³/mol. The molecule has 8 heteroatoms. The lowest BCUT2D eigenvalue weighted by Gasteiger charge is -2.25. The number of carbonyl (C=O) groups is 1. The average Bonchev–Trinajstić information content (AvgIpc) is 3.02. The molecule has 2 bridgehead atoms. The fraction of sp³-hybridized carbons (Fsp3) is 0.636. The zero-order valence-electron chi connectivity index (χ0n) is 10.3. The summed E-state index contributed by atoms with van der Waals surface area (Å²) < 4.78 is 27.6. The van der Waals surface area contributed by atoms with Gasteiger partial charge in [-0.25, -0.2) is 8.42 Å². The Labute approximate surface area is 110 Å². The van der Waals surface area contributed by atoms with E-state index in [1.165, 1.54) is 12.4 Å². The van der Waals surface area contributed by atoms with Crippen molar-refractivity contribution in [2.75, 3.05) is 6.54 Å². The molecule has 0 amide bonds. The van der Waals surface area contributed by atoms with E-state index in [1.807, 2.05) is 0 Å². The van der Waals surface area contributed by atoms with Crippen LogP contribution in [0.2, 0.25) is 0 Å². The highest BCUT2D eigenvalue weighted by molar-refractivity contribution is 7.89. The van der Waals surface area contributed by atoms with Crippen LogP contribution in [0.3, 0.4) is 0 Å². The largest absolute Gasteiger partial charge is 0.480 e. The Hall–Kier alpha value is -1.41. The normalized spacial score (nSPS) is 26.9. The summed E-state index contributed by atoms with van der Waals surface area (Å²) >= 11 is 0. The van der Waals surface area contributed by atoms with Gasteiger partial charge in [0.05, 0.1) is 6.20 Å². The number of sulfonamides is 1. The number of carboxylic acid groups (broad SMARTS) is 1. The van der Waals surface area contributed by atoms with Gasteiger partial charge in [-0.05, 0) is 25.2 Å². The maximum Gasteiger partial charge on any atom is 0.325 e. The lowest BCUT2D eigenvalue weighted by atomic mass is 10.1. The maximum absolute atomic E-state index is 12.4. The van der Waals surface area contributed by atoms with E-state index in [1.54, 1.807) is 4.31 Å². The molecule has 1 aromatic heterocycles. The number of piperidine rings is 1. The van der Waals surface area contributed by atoms with E-state index in [0.29, 0.717) is 12.5 Å². The van der Waals surface area contributed by atoms with E-state index in [0.717, 1.165) is 23.9 Å². The van der Waals surface area contributed by atoms with Gasteiger partial charge in [-0.15, -0.1) is 0 Å². The van der Waals surface area contributed by atoms with E-state index >= 15 is 0 Å². The molecular formula is C11H15N3O4S. The third-order valence-corrected chi connectivity index (χ3v) is 5.74. The first kappa shape index (κ1) is 12.6. The van der Waals surface area contributed by atoms with Gasteiger partial charge in [-0.2, -0.15) is 9.40 Å². The fourth-order valence-electron chi connectivity index (χ4n) is 3.01. The van der Waals surface area contributed by atoms with Crippen molar-refractivity contribution < 1.29 is 18.3 Å². The van der Waals surface area contributed by atoms with Crippen molar-refractivity contribution in [1.82, 2.24) is 14.1 Å². The molecule has 1 aliphatic heterocycles. The molecule has 1 saturated heterocycles. The lowest BCUT2D eigenvalue weighted by Crippen LogP contribution is -2.37. The van der Waals surface area contributed by atoms with Gasteiger partial charge in [0.1, 0.15) is 11.4 Å². The smallest absolute Gasteiger partial charge is 0.325 e. The number of hydrogen-bond acceptors (Lipinski definition) is 4. The van der Waals surface area contributed by atoms with Gasteiger partial charge in [-0.1, -0.05) is 0 Å². The Balaban J connectivity index is 1.84. The zero-order chi connectivity index (χ0) is 13.6. The van der Waals surface area contributed by atoms with E-state index in [-0.39, 0.29) is 17.5 Å². The Morgan fingerprint density at radius 3 is 2.84 bits per heavy atom. The molecule has 2 fully saturated rings. The van der Waals surface area contributed by atoms with Gasteiger partial charge in [-0.3, -0.25) is 9.48 Å². The number of aliphatic carboxylic acids is 1. The number of rotatable bonds is 4. The van der Waals surface area contributed by atoms with Crippen LogP contribution < -0.4 is 0 Å². The van der Waals surface area contributed by atoms with Crippen molar-refractivity contribution in [3.8, 4) is 0 Å². The van der Waals surface area contributed by atoms with Crippen LogP contribution in [0.25, 0.3) is 0 Å². The molecule has 1 saturated carbocycles. The summed E-state index contributed by atoms with van der Waals surface area (Å²) in [5.41, 5.74) is 0. The minimum Gasteiger partial charge on any atom is -0.480 e. The average molecular weight is 285 g/mol. The molecule has 0 aromatic carbocycles. The molecule has 1 aliphatic carbocycles. The molecule has 0 radical (unpaired) electrons. The third-order valence-electron chi connectivity index (χ3n) is 3.87. The van der Waals surface area contributed by atoms with Gasteiger partial charge in [0.15, 0.2) is 0 Å². The van der Waals surface area contributed by atoms with Crippen molar-refractivity contribution in [3.05, 3.63) is 12.4 Å². The van der Waals surface area contributed by atoms with Crippen molar-refractivity contribution in [1.29, 1.82) is 0 Å². The molecule has 104 valence electrons. The Morgan fingerprint density at radius 1 is 1.47 bits per heavy atom. The Morgan fingerprint density at radius 2 is 2.26 bits per heavy atom. The predicted octanol–water partition coefficient (Wildman–Crippen LogP) is 0.141. The minimum atomic E-state index is -3.53. The van der Waals surface area contributed by atoms with Crippen molar-refractivity contribution in [2.45, 2.75) is 36.7 Å². The Kier molecular flexibility index (Phi) is 2.86. The van der Waals surface area contributed by atoms with Gasteiger partial charge in [0.25, 0.3) is 0 Å². The van der Waals surface area contributed by atoms with Crippen molar-refractivity contribution in [3.63, 3.8) is 0 Å². The highest BCUT2D eigenvalue weighted by Crippen LogP contribution is 2.40. The van der Waals surface area contributed by atoms with Crippen LogP contribution in [0, 0.1) is 5.92 Å². The van der Waals surface area contributed by atoms with Crippen LogP contribution in [-0.2, 0) is 21.4 Å². The van der Waals surface area contributed by atoms with Gasteiger partial charge in [0, 0.05) is 18.8 Å². The Bertz CT molecular complexity index is 609. The van der Waals surface area contributed by atoms with Crippen LogP contribution >= 0.6 is 0 Å². The summed E-state index contributed by atoms with van der Waals surface area (Å²) in [6.07, 6.45) is 5.49. The van der Waals surface area contributed by atoms with Crippen LogP contribution in [-0.4, -0.2) is 46.2 Å². The summed E-state index contributed by atoms with van der Waals surface area (Å²) in [6, 6.07) is 0.109. The number of carboxylic acids is 1. The molecule has 2 atom stereocenters. The quantitative estimate of drug-likeness (QED) is 0.849. The number of fused-ring (bicyclic) bond motifs is 2. The maximum atomic E-state index is 12.4. The van der Waals surface area contributed by atoms with Crippen LogP contribution in [0.1, 0.15) is 19.3 Å². The minimum absolute atomic E-state index is 0.0845. The molecular weight excluding hydrogens is 270 g/mol. The first-order valence-electron chi connectivity index (χ1n) is 6.23. The third kappa shape index (κ3) is 2.14. The molecule has 0 spiro atoms. The topological polar surface area (TPSA) is 92.5 Å². The summed E-state index contributed by atoms with van der Waals surface area (Å²) in [6.45, 7) is 0.249. The molecule has 2 heterocycles. The summed E-state index contributed by atoms with van der Waals surface area (Å²) in [5, 5.41) is 12.4. The number of nitrogens with zero attached hydrogens (tertiary/aromatic N) is 3. The van der Waals surface area contributed by atoms with Crippen molar-refractivity contribution in [2.24, 2.45) is 5.92 Å². The van der Waals surface area contributed by atoms with Crippen molar-refractivity contribution >= 4 is 16.0 Å². The molecule has 1 aromatic rings. The molecule has 1 N–H and O–H groups in total. The second-order valence-corrected chi connectivity index (χ2v) is 7.07. The standard InChI is InChI=1S/C11H15N3O4S/c15-11(16)7-13-6-10(4-12-13)19(17,18)14-5-8-1-2-9(14)3-8/h4,6,8-9H,1-3,5,7H2,(H,15,16). The van der Waals surface area contributed by atoms with E-state index in [4.69, 9.17) is 5.11 Å². The molecule has 19 heavy (non-hydrogen) atoms. The molecule has 2 unspecified atom stereocenters. The van der Waals surface area contributed by atoms with E-state index in [2.05, 4.69) is 5.10 Å². The SMILES string of the molecule is O=C(O)Cn1cc(S(=O)(=O)N2CC3CCC2C3)cn1. The second kappa shape index (κ2) is 4.31. The zero-order valence-corrected chi connectivity index (χ0v) is 11.1. The van der Waals surface area contributed by atoms with Crippen LogP contribution in [0.4, 0.5) is 0 Å². The van der Waals surface area contributed by atoms with Crippen LogP contribution in [0.5, 0.6) is 0 Å². The van der Waals surface area contributed by atoms with Crippen LogP contribution in [0.15, 0.2) is 17.3 Å². The van der Waals surface area contributed by atoms with Gasteiger partial charge >= 0.3 is 5.97 Å². The van der Waals surface area contributed by atoms with E-state index in [9.17, 15) is 13.2 Å². The van der Waals surface area contributed by atoms with Gasteiger partial charge < -0.3 is 5.11 Å². The highest BCUT2D eigenvalue weighted by atomic mass is 32.2. The first-order valence-corrected chi connectivity index (χ1v) is 7.67. The fourth-order valence-corrected chi connectivity index (χ4v) is 4.71.